The Morgan fingerprint density at radius 1 is 1.50 bits per heavy atom. The first kappa shape index (κ1) is 10.2. The van der Waals surface area contributed by atoms with Crippen LogP contribution >= 0.6 is 0 Å². The molecule has 0 spiro atoms. The van der Waals surface area contributed by atoms with Crippen molar-refractivity contribution in [3.8, 4) is 6.07 Å². The highest BCUT2D eigenvalue weighted by Crippen LogP contribution is 2.12. The van der Waals surface area contributed by atoms with Crippen molar-refractivity contribution in [1.29, 1.82) is 5.26 Å². The molecule has 0 bridgehead atoms. The molecule has 5 heteroatoms. The molecule has 2 aromatic rings. The van der Waals surface area contributed by atoms with Gasteiger partial charge in [0.15, 0.2) is 0 Å². The van der Waals surface area contributed by atoms with E-state index in [0.717, 1.165) is 11.3 Å². The fraction of sp³-hybridized carbons (Fsp3) is 0.182. The van der Waals surface area contributed by atoms with Gasteiger partial charge in [-0.25, -0.2) is 0 Å². The monoisotopic (exact) mass is 213 g/mol. The number of hydrogen-bond acceptors (Lipinski definition) is 4. The zero-order valence-electron chi connectivity index (χ0n) is 8.88. The van der Waals surface area contributed by atoms with Crippen molar-refractivity contribution in [2.24, 2.45) is 7.05 Å². The molecule has 80 valence electrons. The summed E-state index contributed by atoms with van der Waals surface area (Å²) in [6.07, 6.45) is 6.97. The van der Waals surface area contributed by atoms with Crippen molar-refractivity contribution < 1.29 is 0 Å². The molecule has 1 N–H and O–H groups in total. The number of aromatic nitrogens is 3. The number of aryl methyl sites for hydroxylation is 1. The molecule has 0 aliphatic carbocycles. The normalized spacial score (nSPS) is 9.75. The average molecular weight is 213 g/mol. The molecule has 2 rings (SSSR count). The van der Waals surface area contributed by atoms with Crippen molar-refractivity contribution in [2.45, 2.75) is 6.54 Å². The zero-order valence-corrected chi connectivity index (χ0v) is 8.88. The molecule has 0 aromatic carbocycles. The maximum atomic E-state index is 8.89. The van der Waals surface area contributed by atoms with E-state index >= 15 is 0 Å². The summed E-state index contributed by atoms with van der Waals surface area (Å²) in [5.74, 6) is 0. The van der Waals surface area contributed by atoms with E-state index in [9.17, 15) is 0 Å². The number of nitrogens with zero attached hydrogens (tertiary/aromatic N) is 4. The first-order chi connectivity index (χ1) is 7.79. The summed E-state index contributed by atoms with van der Waals surface area (Å²) in [6, 6.07) is 3.80. The van der Waals surface area contributed by atoms with E-state index in [2.05, 4.69) is 21.5 Å². The first-order valence-electron chi connectivity index (χ1n) is 4.85. The quantitative estimate of drug-likeness (QED) is 0.834. The van der Waals surface area contributed by atoms with Gasteiger partial charge in [0.25, 0.3) is 0 Å². The van der Waals surface area contributed by atoms with Gasteiger partial charge in [-0.05, 0) is 6.07 Å². The van der Waals surface area contributed by atoms with Crippen LogP contribution in [0, 0.1) is 11.3 Å². The van der Waals surface area contributed by atoms with E-state index in [1.165, 1.54) is 0 Å². The lowest BCUT2D eigenvalue weighted by Crippen LogP contribution is -2.00. The fourth-order valence-electron chi connectivity index (χ4n) is 1.39. The number of nitriles is 1. The predicted molar refractivity (Wildman–Crippen MR) is 59.5 cm³/mol. The Kier molecular flexibility index (Phi) is 2.83. The third-order valence-corrected chi connectivity index (χ3v) is 2.18. The Bertz CT molecular complexity index is 523. The van der Waals surface area contributed by atoms with E-state index in [1.807, 2.05) is 13.2 Å². The number of nitrogens with one attached hydrogen (secondary N) is 1. The van der Waals surface area contributed by atoms with Crippen LogP contribution in [0.15, 0.2) is 30.9 Å². The van der Waals surface area contributed by atoms with Gasteiger partial charge in [0.05, 0.1) is 23.6 Å². The summed E-state index contributed by atoms with van der Waals surface area (Å²) < 4.78 is 1.74. The molecular weight excluding hydrogens is 202 g/mol. The second kappa shape index (κ2) is 4.45. The van der Waals surface area contributed by atoms with Gasteiger partial charge in [-0.1, -0.05) is 0 Å². The Labute approximate surface area is 93.4 Å². The standard InChI is InChI=1S/C11H11N5/c1-16-8-9(6-15-16)5-14-11-7-13-3-2-10(11)4-12/h2-3,6-8,14H,5H2,1H3. The topological polar surface area (TPSA) is 66.5 Å². The van der Waals surface area contributed by atoms with Gasteiger partial charge in [-0.15, -0.1) is 0 Å². The smallest absolute Gasteiger partial charge is 0.101 e. The molecule has 2 aromatic heterocycles. The molecule has 0 aliphatic rings. The molecule has 0 radical (unpaired) electrons. The molecule has 0 saturated heterocycles. The Hall–Kier alpha value is -2.35. The second-order valence-corrected chi connectivity index (χ2v) is 3.41. The SMILES string of the molecule is Cn1cc(CNc2cnccc2C#N)cn1. The number of rotatable bonds is 3. The molecule has 0 atom stereocenters. The summed E-state index contributed by atoms with van der Waals surface area (Å²) in [5, 5.41) is 16.1. The van der Waals surface area contributed by atoms with Gasteiger partial charge in [0.2, 0.25) is 0 Å². The Morgan fingerprint density at radius 2 is 2.38 bits per heavy atom. The average Bonchev–Trinajstić information content (AvgIpc) is 2.73. The van der Waals surface area contributed by atoms with Crippen LogP contribution in [0.25, 0.3) is 0 Å². The highest BCUT2D eigenvalue weighted by molar-refractivity contribution is 5.55. The van der Waals surface area contributed by atoms with Gasteiger partial charge >= 0.3 is 0 Å². The maximum absolute atomic E-state index is 8.89. The Balaban J connectivity index is 2.08. The van der Waals surface area contributed by atoms with Crippen molar-refractivity contribution in [1.82, 2.24) is 14.8 Å². The molecule has 0 aliphatic heterocycles. The molecule has 0 amide bonds. The molecular formula is C11H11N5. The van der Waals surface area contributed by atoms with Crippen LogP contribution in [0.2, 0.25) is 0 Å². The highest BCUT2D eigenvalue weighted by atomic mass is 15.2. The predicted octanol–water partition coefficient (Wildman–Crippen LogP) is 1.30. The van der Waals surface area contributed by atoms with Gasteiger partial charge in [-0.3, -0.25) is 9.67 Å². The summed E-state index contributed by atoms with van der Waals surface area (Å²) in [5.41, 5.74) is 2.41. The first-order valence-corrected chi connectivity index (χ1v) is 4.85. The highest BCUT2D eigenvalue weighted by Gasteiger charge is 2.01. The van der Waals surface area contributed by atoms with Crippen LogP contribution in [0.1, 0.15) is 11.1 Å². The third kappa shape index (κ3) is 2.17. The minimum Gasteiger partial charge on any atom is -0.379 e. The van der Waals surface area contributed by atoms with Crippen LogP contribution < -0.4 is 5.32 Å². The summed E-state index contributed by atoms with van der Waals surface area (Å²) in [7, 11) is 1.87. The molecule has 2 heterocycles. The lowest BCUT2D eigenvalue weighted by molar-refractivity contribution is 0.767. The van der Waals surface area contributed by atoms with Crippen LogP contribution in [-0.2, 0) is 13.6 Å². The molecule has 0 unspecified atom stereocenters. The zero-order chi connectivity index (χ0) is 11.4. The largest absolute Gasteiger partial charge is 0.379 e. The van der Waals surface area contributed by atoms with Crippen molar-refractivity contribution in [3.63, 3.8) is 0 Å². The summed E-state index contributed by atoms with van der Waals surface area (Å²) >= 11 is 0. The van der Waals surface area contributed by atoms with E-state index in [1.54, 1.807) is 29.3 Å². The molecule has 0 fully saturated rings. The fourth-order valence-corrected chi connectivity index (χ4v) is 1.39. The number of hydrogen-bond donors (Lipinski definition) is 1. The number of pyridine rings is 1. The minimum absolute atomic E-state index is 0.596. The van der Waals surface area contributed by atoms with Gasteiger partial charge in [0, 0.05) is 31.5 Å². The summed E-state index contributed by atoms with van der Waals surface area (Å²) in [6.45, 7) is 0.633. The van der Waals surface area contributed by atoms with Crippen LogP contribution in [0.5, 0.6) is 0 Å². The maximum Gasteiger partial charge on any atom is 0.101 e. The minimum atomic E-state index is 0.596. The number of anilines is 1. The van der Waals surface area contributed by atoms with Crippen molar-refractivity contribution in [3.05, 3.63) is 42.0 Å². The van der Waals surface area contributed by atoms with Crippen molar-refractivity contribution in [2.75, 3.05) is 5.32 Å². The summed E-state index contributed by atoms with van der Waals surface area (Å²) in [4.78, 5) is 3.98. The van der Waals surface area contributed by atoms with E-state index < -0.39 is 0 Å². The van der Waals surface area contributed by atoms with Crippen LogP contribution in [-0.4, -0.2) is 14.8 Å². The molecule has 16 heavy (non-hydrogen) atoms. The van der Waals surface area contributed by atoms with Crippen LogP contribution in [0.3, 0.4) is 0 Å². The van der Waals surface area contributed by atoms with E-state index in [0.29, 0.717) is 12.1 Å². The lowest BCUT2D eigenvalue weighted by Gasteiger charge is -2.05. The van der Waals surface area contributed by atoms with Gasteiger partial charge in [-0.2, -0.15) is 10.4 Å². The van der Waals surface area contributed by atoms with Crippen LogP contribution in [0.4, 0.5) is 5.69 Å². The Morgan fingerprint density at radius 3 is 3.06 bits per heavy atom. The molecule has 0 saturated carbocycles. The van der Waals surface area contributed by atoms with Gasteiger partial charge in [0.1, 0.15) is 6.07 Å². The van der Waals surface area contributed by atoms with Crippen molar-refractivity contribution >= 4 is 5.69 Å². The van der Waals surface area contributed by atoms with E-state index in [-0.39, 0.29) is 0 Å². The molecule has 5 nitrogen and oxygen atoms in total. The van der Waals surface area contributed by atoms with Gasteiger partial charge < -0.3 is 5.32 Å². The second-order valence-electron chi connectivity index (χ2n) is 3.41. The lowest BCUT2D eigenvalue weighted by atomic mass is 10.2. The third-order valence-electron chi connectivity index (χ3n) is 2.18. The van der Waals surface area contributed by atoms with E-state index in [4.69, 9.17) is 5.26 Å².